The van der Waals surface area contributed by atoms with Crippen molar-refractivity contribution in [1.29, 1.82) is 0 Å². The molecule has 1 aliphatic rings. The Morgan fingerprint density at radius 2 is 1.46 bits per heavy atom. The summed E-state index contributed by atoms with van der Waals surface area (Å²) in [5.41, 5.74) is 3.40. The molecular weight excluding hydrogens is 488 g/mol. The number of carbonyl (C=O) groups is 2. The highest BCUT2D eigenvalue weighted by Gasteiger charge is 2.25. The van der Waals surface area contributed by atoms with E-state index in [-0.39, 0.29) is 23.9 Å². The van der Waals surface area contributed by atoms with Crippen LogP contribution in [0.25, 0.3) is 10.9 Å². The fourth-order valence-electron chi connectivity index (χ4n) is 5.09. The third kappa shape index (κ3) is 6.17. The maximum absolute atomic E-state index is 13.2. The topological polar surface area (TPSA) is 99.2 Å². The maximum Gasteiger partial charge on any atom is 0.256 e. The molecule has 39 heavy (non-hydrogen) atoms. The van der Waals surface area contributed by atoms with Crippen molar-refractivity contribution in [1.82, 2.24) is 15.3 Å². The van der Waals surface area contributed by atoms with Crippen LogP contribution in [0.4, 0.5) is 17.5 Å². The van der Waals surface area contributed by atoms with E-state index in [1.165, 1.54) is 0 Å². The molecule has 0 radical (unpaired) electrons. The van der Waals surface area contributed by atoms with Crippen molar-refractivity contribution >= 4 is 40.2 Å². The van der Waals surface area contributed by atoms with Crippen LogP contribution in [0.1, 0.15) is 52.0 Å². The fraction of sp³-hybridized carbons (Fsp3) is 0.290. The summed E-state index contributed by atoms with van der Waals surface area (Å²) in [5.74, 6) is 0.981. The van der Waals surface area contributed by atoms with Crippen molar-refractivity contribution in [3.63, 3.8) is 0 Å². The average molecular weight is 523 g/mol. The predicted molar refractivity (Wildman–Crippen MR) is 157 cm³/mol. The highest BCUT2D eigenvalue weighted by molar-refractivity contribution is 6.12. The van der Waals surface area contributed by atoms with Gasteiger partial charge in [-0.05, 0) is 74.6 Å². The molecule has 8 heteroatoms. The van der Waals surface area contributed by atoms with Gasteiger partial charge in [-0.25, -0.2) is 4.98 Å². The molecule has 0 spiro atoms. The number of hydrogen-bond acceptors (Lipinski definition) is 6. The number of anilines is 3. The van der Waals surface area contributed by atoms with Crippen molar-refractivity contribution in [2.24, 2.45) is 0 Å². The van der Waals surface area contributed by atoms with Crippen LogP contribution in [0.2, 0.25) is 0 Å². The van der Waals surface area contributed by atoms with Crippen molar-refractivity contribution < 1.29 is 9.59 Å². The Hall–Kier alpha value is -4.46. The summed E-state index contributed by atoms with van der Waals surface area (Å²) < 4.78 is 0. The molecule has 200 valence electrons. The fourth-order valence-corrected chi connectivity index (χ4v) is 5.09. The number of carbonyl (C=O) groups excluding carboxylic acids is 2. The number of fused-ring (bicyclic) bond motifs is 1. The van der Waals surface area contributed by atoms with Gasteiger partial charge in [0.05, 0.1) is 16.6 Å². The molecule has 1 aromatic heterocycles. The number of nitrogens with one attached hydrogen (secondary N) is 3. The number of para-hydroxylation sites is 1. The Balaban J connectivity index is 1.20. The molecule has 1 saturated carbocycles. The molecule has 0 atom stereocenters. The molecule has 0 bridgehead atoms. The summed E-state index contributed by atoms with van der Waals surface area (Å²) in [5, 5.41) is 10.6. The van der Waals surface area contributed by atoms with Gasteiger partial charge in [-0.2, -0.15) is 4.98 Å². The van der Waals surface area contributed by atoms with E-state index in [1.54, 1.807) is 24.3 Å². The van der Waals surface area contributed by atoms with E-state index in [2.05, 4.69) is 16.0 Å². The molecule has 1 heterocycles. The summed E-state index contributed by atoms with van der Waals surface area (Å²) in [7, 11) is 3.97. The highest BCUT2D eigenvalue weighted by Crippen LogP contribution is 2.26. The van der Waals surface area contributed by atoms with E-state index >= 15 is 0 Å². The zero-order valence-electron chi connectivity index (χ0n) is 22.6. The summed E-state index contributed by atoms with van der Waals surface area (Å²) in [6.45, 7) is 1.97. The molecule has 5 rings (SSSR count). The Bertz CT molecular complexity index is 1490. The van der Waals surface area contributed by atoms with Gasteiger partial charge in [0.15, 0.2) is 0 Å². The number of aryl methyl sites for hydroxylation is 1. The molecule has 0 aliphatic heterocycles. The quantitative estimate of drug-likeness (QED) is 0.300. The highest BCUT2D eigenvalue weighted by atomic mass is 16.2. The zero-order chi connectivity index (χ0) is 27.4. The van der Waals surface area contributed by atoms with Gasteiger partial charge in [0.2, 0.25) is 5.95 Å². The van der Waals surface area contributed by atoms with E-state index in [1.807, 2.05) is 74.4 Å². The summed E-state index contributed by atoms with van der Waals surface area (Å²) in [6, 6.07) is 22.8. The van der Waals surface area contributed by atoms with Crippen molar-refractivity contribution in [2.45, 2.75) is 44.7 Å². The van der Waals surface area contributed by atoms with Gasteiger partial charge < -0.3 is 20.9 Å². The number of rotatable bonds is 7. The third-order valence-electron chi connectivity index (χ3n) is 7.09. The van der Waals surface area contributed by atoms with Crippen molar-refractivity contribution in [3.05, 3.63) is 89.5 Å². The molecule has 1 aliphatic carbocycles. The minimum absolute atomic E-state index is 0.0401. The monoisotopic (exact) mass is 522 g/mol. The molecular formula is C31H34N6O2. The van der Waals surface area contributed by atoms with Crippen LogP contribution in [-0.2, 0) is 0 Å². The van der Waals surface area contributed by atoms with E-state index in [0.717, 1.165) is 48.0 Å². The molecule has 8 nitrogen and oxygen atoms in total. The lowest BCUT2D eigenvalue weighted by molar-refractivity contribution is 0.0916. The Morgan fingerprint density at radius 1 is 0.795 bits per heavy atom. The van der Waals surface area contributed by atoms with Gasteiger partial charge in [-0.3, -0.25) is 9.59 Å². The second-order valence-electron chi connectivity index (χ2n) is 10.3. The largest absolute Gasteiger partial charge is 0.362 e. The Labute approximate surface area is 228 Å². The standard InChI is InChI=1S/C31H34N6O2/c1-20-9-8-10-23(19-20)33-30(39)25-12-5-4-11-24(25)29(38)32-21-15-17-22(18-16-21)34-31-35-27-14-7-6-13-26(27)28(36-31)37(2)3/h4-14,19,21-22H,15-18H2,1-3H3,(H,32,38)(H,33,39)(H,34,35,36). The van der Waals surface area contributed by atoms with Crippen LogP contribution in [0.3, 0.4) is 0 Å². The Kier molecular flexibility index (Phi) is 7.72. The first-order valence-corrected chi connectivity index (χ1v) is 13.4. The number of nitrogens with zero attached hydrogens (tertiary/aromatic N) is 3. The Morgan fingerprint density at radius 3 is 2.18 bits per heavy atom. The first-order valence-electron chi connectivity index (χ1n) is 13.4. The lowest BCUT2D eigenvalue weighted by Gasteiger charge is -2.30. The van der Waals surface area contributed by atoms with Gasteiger partial charge in [0.25, 0.3) is 11.8 Å². The van der Waals surface area contributed by atoms with E-state index in [0.29, 0.717) is 22.8 Å². The maximum atomic E-state index is 13.2. The normalized spacial score (nSPS) is 16.9. The third-order valence-corrected chi connectivity index (χ3v) is 7.09. The lowest BCUT2D eigenvalue weighted by Crippen LogP contribution is -2.40. The molecule has 3 N–H and O–H groups in total. The molecule has 4 aromatic rings. The van der Waals surface area contributed by atoms with E-state index in [4.69, 9.17) is 9.97 Å². The van der Waals surface area contributed by atoms with Crippen LogP contribution in [0, 0.1) is 6.92 Å². The first-order chi connectivity index (χ1) is 18.9. The van der Waals surface area contributed by atoms with Crippen LogP contribution >= 0.6 is 0 Å². The average Bonchev–Trinajstić information content (AvgIpc) is 2.93. The van der Waals surface area contributed by atoms with Crippen molar-refractivity contribution in [2.75, 3.05) is 29.6 Å². The molecule has 3 aromatic carbocycles. The van der Waals surface area contributed by atoms with Crippen LogP contribution in [-0.4, -0.2) is 48.0 Å². The molecule has 0 saturated heterocycles. The SMILES string of the molecule is Cc1cccc(NC(=O)c2ccccc2C(=O)NC2CCC(Nc3nc(N(C)C)c4ccccc4n3)CC2)c1. The summed E-state index contributed by atoms with van der Waals surface area (Å²) in [6.07, 6.45) is 3.42. The van der Waals surface area contributed by atoms with Gasteiger partial charge in [0, 0.05) is 37.3 Å². The smallest absolute Gasteiger partial charge is 0.256 e. The molecule has 2 amide bonds. The minimum Gasteiger partial charge on any atom is -0.362 e. The second kappa shape index (κ2) is 11.5. The minimum atomic E-state index is -0.299. The summed E-state index contributed by atoms with van der Waals surface area (Å²) >= 11 is 0. The number of aromatic nitrogens is 2. The molecule has 1 fully saturated rings. The van der Waals surface area contributed by atoms with E-state index in [9.17, 15) is 9.59 Å². The molecule has 0 unspecified atom stereocenters. The van der Waals surface area contributed by atoms with Crippen molar-refractivity contribution in [3.8, 4) is 0 Å². The van der Waals surface area contributed by atoms with Gasteiger partial charge in [0.1, 0.15) is 5.82 Å². The lowest BCUT2D eigenvalue weighted by atomic mass is 9.91. The zero-order valence-corrected chi connectivity index (χ0v) is 22.6. The van der Waals surface area contributed by atoms with Crippen LogP contribution < -0.4 is 20.9 Å². The number of hydrogen-bond donors (Lipinski definition) is 3. The number of benzene rings is 3. The second-order valence-corrected chi connectivity index (χ2v) is 10.3. The summed E-state index contributed by atoms with van der Waals surface area (Å²) in [4.78, 5) is 37.7. The van der Waals surface area contributed by atoms with Crippen LogP contribution in [0.15, 0.2) is 72.8 Å². The van der Waals surface area contributed by atoms with Gasteiger partial charge in [-0.1, -0.05) is 36.4 Å². The first kappa shape index (κ1) is 26.2. The van der Waals surface area contributed by atoms with Gasteiger partial charge in [-0.15, -0.1) is 0 Å². The predicted octanol–water partition coefficient (Wildman–Crippen LogP) is 5.41. The van der Waals surface area contributed by atoms with Gasteiger partial charge >= 0.3 is 0 Å². The van der Waals surface area contributed by atoms with Crippen LogP contribution in [0.5, 0.6) is 0 Å². The number of amides is 2. The van der Waals surface area contributed by atoms with E-state index < -0.39 is 0 Å².